The standard InChI is InChI=1S/C12H20N4OS/c1-9(2)11(17)13-12-15-14-10(18-12)8-16-6-4-3-5-7-16/h9H,3-8H2,1-2H3,(H,13,15,17). The molecule has 18 heavy (non-hydrogen) atoms. The summed E-state index contributed by atoms with van der Waals surface area (Å²) in [4.78, 5) is 13.9. The minimum absolute atomic E-state index is 0.00401. The number of rotatable bonds is 4. The molecule has 0 aromatic carbocycles. The van der Waals surface area contributed by atoms with Crippen molar-refractivity contribution in [2.75, 3.05) is 18.4 Å². The zero-order chi connectivity index (χ0) is 13.0. The van der Waals surface area contributed by atoms with E-state index >= 15 is 0 Å². The Kier molecular flexibility index (Phi) is 4.66. The lowest BCUT2D eigenvalue weighted by atomic mass is 10.1. The molecule has 1 saturated heterocycles. The van der Waals surface area contributed by atoms with Crippen LogP contribution in [-0.2, 0) is 11.3 Å². The second-order valence-electron chi connectivity index (χ2n) is 4.98. The number of likely N-dealkylation sites (tertiary alicyclic amines) is 1. The molecule has 100 valence electrons. The fourth-order valence-corrected chi connectivity index (χ4v) is 2.71. The second-order valence-corrected chi connectivity index (χ2v) is 6.04. The number of carbonyl (C=O) groups is 1. The summed E-state index contributed by atoms with van der Waals surface area (Å²) >= 11 is 1.48. The minimum atomic E-state index is -0.0283. The van der Waals surface area contributed by atoms with Crippen LogP contribution in [0.1, 0.15) is 38.1 Å². The molecule has 5 nitrogen and oxygen atoms in total. The molecule has 0 spiro atoms. The predicted octanol–water partition coefficient (Wildman–Crippen LogP) is 2.12. The lowest BCUT2D eigenvalue weighted by molar-refractivity contribution is -0.118. The van der Waals surface area contributed by atoms with Crippen molar-refractivity contribution in [2.45, 2.75) is 39.7 Å². The van der Waals surface area contributed by atoms with Gasteiger partial charge in [0.1, 0.15) is 5.01 Å². The minimum Gasteiger partial charge on any atom is -0.300 e. The highest BCUT2D eigenvalue weighted by Crippen LogP contribution is 2.19. The van der Waals surface area contributed by atoms with Crippen LogP contribution in [0.25, 0.3) is 0 Å². The Labute approximate surface area is 112 Å². The molecular weight excluding hydrogens is 248 g/mol. The van der Waals surface area contributed by atoms with Gasteiger partial charge in [-0.1, -0.05) is 31.6 Å². The van der Waals surface area contributed by atoms with E-state index in [0.717, 1.165) is 24.6 Å². The van der Waals surface area contributed by atoms with Gasteiger partial charge in [0.05, 0.1) is 6.54 Å². The Morgan fingerprint density at radius 3 is 2.72 bits per heavy atom. The summed E-state index contributed by atoms with van der Waals surface area (Å²) in [5, 5.41) is 12.5. The van der Waals surface area contributed by atoms with Gasteiger partial charge in [-0.2, -0.15) is 0 Å². The first-order chi connectivity index (χ1) is 8.65. The molecule has 0 saturated carbocycles. The van der Waals surface area contributed by atoms with E-state index in [9.17, 15) is 4.79 Å². The maximum absolute atomic E-state index is 11.5. The highest BCUT2D eigenvalue weighted by atomic mass is 32.1. The van der Waals surface area contributed by atoms with Crippen LogP contribution < -0.4 is 5.32 Å². The zero-order valence-corrected chi connectivity index (χ0v) is 11.8. The monoisotopic (exact) mass is 268 g/mol. The van der Waals surface area contributed by atoms with E-state index in [-0.39, 0.29) is 11.8 Å². The van der Waals surface area contributed by atoms with Gasteiger partial charge in [0.25, 0.3) is 0 Å². The Balaban J connectivity index is 1.87. The highest BCUT2D eigenvalue weighted by molar-refractivity contribution is 7.15. The zero-order valence-electron chi connectivity index (χ0n) is 11.0. The van der Waals surface area contributed by atoms with E-state index in [4.69, 9.17) is 0 Å². The summed E-state index contributed by atoms with van der Waals surface area (Å²) in [5.41, 5.74) is 0. The van der Waals surface area contributed by atoms with E-state index in [1.54, 1.807) is 0 Å². The number of anilines is 1. The molecule has 1 N–H and O–H groups in total. The first-order valence-electron chi connectivity index (χ1n) is 6.51. The predicted molar refractivity (Wildman–Crippen MR) is 72.5 cm³/mol. The average Bonchev–Trinajstić information content (AvgIpc) is 2.77. The molecule has 2 heterocycles. The van der Waals surface area contributed by atoms with Crippen molar-refractivity contribution < 1.29 is 4.79 Å². The number of aromatic nitrogens is 2. The van der Waals surface area contributed by atoms with Crippen LogP contribution in [0, 0.1) is 5.92 Å². The van der Waals surface area contributed by atoms with E-state index in [2.05, 4.69) is 20.4 Å². The van der Waals surface area contributed by atoms with Crippen LogP contribution in [0.3, 0.4) is 0 Å². The fourth-order valence-electron chi connectivity index (χ4n) is 1.93. The highest BCUT2D eigenvalue weighted by Gasteiger charge is 2.15. The van der Waals surface area contributed by atoms with Gasteiger partial charge in [-0.15, -0.1) is 10.2 Å². The Morgan fingerprint density at radius 2 is 2.06 bits per heavy atom. The van der Waals surface area contributed by atoms with Crippen LogP contribution in [0.5, 0.6) is 0 Å². The molecule has 0 radical (unpaired) electrons. The Bertz CT molecular complexity index is 399. The number of amides is 1. The molecule has 0 bridgehead atoms. The molecule has 0 unspecified atom stereocenters. The number of nitrogens with one attached hydrogen (secondary N) is 1. The molecule has 1 amide bonds. The van der Waals surface area contributed by atoms with Gasteiger partial charge in [-0.3, -0.25) is 9.69 Å². The van der Waals surface area contributed by atoms with Crippen LogP contribution in [0.4, 0.5) is 5.13 Å². The van der Waals surface area contributed by atoms with Gasteiger partial charge in [0.2, 0.25) is 11.0 Å². The van der Waals surface area contributed by atoms with Crippen LogP contribution >= 0.6 is 11.3 Å². The van der Waals surface area contributed by atoms with Crippen molar-refractivity contribution in [1.82, 2.24) is 15.1 Å². The van der Waals surface area contributed by atoms with Crippen molar-refractivity contribution in [1.29, 1.82) is 0 Å². The molecule has 1 aliphatic heterocycles. The van der Waals surface area contributed by atoms with E-state index in [1.807, 2.05) is 13.8 Å². The smallest absolute Gasteiger partial charge is 0.228 e. The van der Waals surface area contributed by atoms with Crippen LogP contribution in [-0.4, -0.2) is 34.1 Å². The Morgan fingerprint density at radius 1 is 1.33 bits per heavy atom. The van der Waals surface area contributed by atoms with E-state index in [1.165, 1.54) is 30.6 Å². The molecule has 1 fully saturated rings. The van der Waals surface area contributed by atoms with Crippen molar-refractivity contribution >= 4 is 22.4 Å². The van der Waals surface area contributed by atoms with Crippen LogP contribution in [0.2, 0.25) is 0 Å². The summed E-state index contributed by atoms with van der Waals surface area (Å²) in [6.07, 6.45) is 3.88. The summed E-state index contributed by atoms with van der Waals surface area (Å²) in [5.74, 6) is -0.0323. The Hall–Kier alpha value is -1.01. The molecular formula is C12H20N4OS. The lowest BCUT2D eigenvalue weighted by Crippen LogP contribution is -2.28. The summed E-state index contributed by atoms with van der Waals surface area (Å²) in [6, 6.07) is 0. The second kappa shape index (κ2) is 6.24. The average molecular weight is 268 g/mol. The third kappa shape index (κ3) is 3.74. The number of piperidine rings is 1. The summed E-state index contributed by atoms with van der Waals surface area (Å²) in [7, 11) is 0. The fraction of sp³-hybridized carbons (Fsp3) is 0.750. The molecule has 2 rings (SSSR count). The van der Waals surface area contributed by atoms with E-state index < -0.39 is 0 Å². The molecule has 1 aromatic heterocycles. The lowest BCUT2D eigenvalue weighted by Gasteiger charge is -2.24. The summed E-state index contributed by atoms with van der Waals surface area (Å²) < 4.78 is 0. The third-order valence-corrected chi connectivity index (χ3v) is 3.85. The van der Waals surface area contributed by atoms with Crippen molar-refractivity contribution in [3.8, 4) is 0 Å². The van der Waals surface area contributed by atoms with Gasteiger partial charge >= 0.3 is 0 Å². The quantitative estimate of drug-likeness (QED) is 0.908. The number of hydrogen-bond donors (Lipinski definition) is 1. The van der Waals surface area contributed by atoms with Crippen molar-refractivity contribution in [2.24, 2.45) is 5.92 Å². The number of carbonyl (C=O) groups excluding carboxylic acids is 1. The third-order valence-electron chi connectivity index (χ3n) is 3.03. The number of hydrogen-bond acceptors (Lipinski definition) is 5. The topological polar surface area (TPSA) is 58.1 Å². The SMILES string of the molecule is CC(C)C(=O)Nc1nnc(CN2CCCCC2)s1. The number of nitrogens with zero attached hydrogens (tertiary/aromatic N) is 3. The van der Waals surface area contributed by atoms with E-state index in [0.29, 0.717) is 5.13 Å². The van der Waals surface area contributed by atoms with Crippen molar-refractivity contribution in [3.63, 3.8) is 0 Å². The molecule has 0 aliphatic carbocycles. The van der Waals surface area contributed by atoms with Gasteiger partial charge in [-0.25, -0.2) is 0 Å². The van der Waals surface area contributed by atoms with Gasteiger partial charge < -0.3 is 5.32 Å². The van der Waals surface area contributed by atoms with Gasteiger partial charge in [0.15, 0.2) is 0 Å². The molecule has 0 atom stereocenters. The molecule has 1 aliphatic rings. The molecule has 1 aromatic rings. The van der Waals surface area contributed by atoms with Crippen molar-refractivity contribution in [3.05, 3.63) is 5.01 Å². The normalized spacial score (nSPS) is 17.1. The maximum atomic E-state index is 11.5. The van der Waals surface area contributed by atoms with Gasteiger partial charge in [-0.05, 0) is 25.9 Å². The van der Waals surface area contributed by atoms with Crippen LogP contribution in [0.15, 0.2) is 0 Å². The first kappa shape index (κ1) is 13.4. The molecule has 6 heteroatoms. The first-order valence-corrected chi connectivity index (χ1v) is 7.32. The maximum Gasteiger partial charge on any atom is 0.228 e. The van der Waals surface area contributed by atoms with Gasteiger partial charge in [0, 0.05) is 5.92 Å². The summed E-state index contributed by atoms with van der Waals surface area (Å²) in [6.45, 7) is 6.88. The largest absolute Gasteiger partial charge is 0.300 e.